The predicted molar refractivity (Wildman–Crippen MR) is 70.1 cm³/mol. The lowest BCUT2D eigenvalue weighted by molar-refractivity contribution is -0.121. The molecule has 0 spiro atoms. The van der Waals surface area contributed by atoms with Gasteiger partial charge in [-0.3, -0.25) is 9.59 Å². The van der Waals surface area contributed by atoms with Gasteiger partial charge in [0.15, 0.2) is 0 Å². The van der Waals surface area contributed by atoms with Crippen molar-refractivity contribution in [2.75, 3.05) is 6.54 Å². The Morgan fingerprint density at radius 2 is 2.18 bits per heavy atom. The molecule has 0 saturated heterocycles. The summed E-state index contributed by atoms with van der Waals surface area (Å²) >= 11 is 4.68. The number of nitrogens with one attached hydrogen (secondary N) is 2. The van der Waals surface area contributed by atoms with Crippen molar-refractivity contribution >= 4 is 39.1 Å². The third kappa shape index (κ3) is 4.12. The Morgan fingerprint density at radius 3 is 2.76 bits per heavy atom. The molecule has 0 aromatic carbocycles. The molecular weight excluding hydrogens is 304 g/mol. The average Bonchev–Trinajstić information content (AvgIpc) is 2.97. The van der Waals surface area contributed by atoms with Crippen molar-refractivity contribution in [3.63, 3.8) is 0 Å². The number of amides is 2. The Labute approximate surface area is 112 Å². The third-order valence-corrected chi connectivity index (χ3v) is 4.00. The van der Waals surface area contributed by atoms with Crippen molar-refractivity contribution in [3.05, 3.63) is 20.8 Å². The molecule has 1 aromatic rings. The molecule has 92 valence electrons. The van der Waals surface area contributed by atoms with Gasteiger partial charge in [-0.15, -0.1) is 11.3 Å². The summed E-state index contributed by atoms with van der Waals surface area (Å²) in [5.74, 6) is -0.111. The molecule has 2 amide bonds. The van der Waals surface area contributed by atoms with Gasteiger partial charge in [-0.2, -0.15) is 0 Å². The largest absolute Gasteiger partial charge is 0.353 e. The summed E-state index contributed by atoms with van der Waals surface area (Å²) in [5.41, 5.74) is 0. The van der Waals surface area contributed by atoms with Gasteiger partial charge in [0.2, 0.25) is 5.91 Å². The summed E-state index contributed by atoms with van der Waals surface area (Å²) in [6.07, 6.45) is 2.51. The zero-order chi connectivity index (χ0) is 12.3. The summed E-state index contributed by atoms with van der Waals surface area (Å²) < 4.78 is 0.925. The summed E-state index contributed by atoms with van der Waals surface area (Å²) in [6.45, 7) is 0.382. The molecule has 0 unspecified atom stereocenters. The van der Waals surface area contributed by atoms with Crippen molar-refractivity contribution in [2.45, 2.75) is 25.3 Å². The highest BCUT2D eigenvalue weighted by Gasteiger charge is 2.22. The number of rotatable bonds is 5. The Hall–Kier alpha value is -0.880. The van der Waals surface area contributed by atoms with Crippen molar-refractivity contribution in [2.24, 2.45) is 0 Å². The minimum atomic E-state index is -0.125. The smallest absolute Gasteiger partial charge is 0.261 e. The molecule has 1 heterocycles. The number of carbonyl (C=O) groups excluding carboxylic acids is 2. The van der Waals surface area contributed by atoms with Crippen LogP contribution in [0.1, 0.15) is 28.9 Å². The van der Waals surface area contributed by atoms with E-state index >= 15 is 0 Å². The lowest BCUT2D eigenvalue weighted by Crippen LogP contribution is -2.31. The molecule has 1 aliphatic rings. The van der Waals surface area contributed by atoms with Crippen molar-refractivity contribution in [1.82, 2.24) is 10.6 Å². The highest BCUT2D eigenvalue weighted by molar-refractivity contribution is 9.11. The Kier molecular flexibility index (Phi) is 4.17. The van der Waals surface area contributed by atoms with Gasteiger partial charge >= 0.3 is 0 Å². The van der Waals surface area contributed by atoms with Gasteiger partial charge in [-0.25, -0.2) is 0 Å². The van der Waals surface area contributed by atoms with E-state index in [-0.39, 0.29) is 11.8 Å². The van der Waals surface area contributed by atoms with E-state index in [2.05, 4.69) is 26.6 Å². The Bertz CT molecular complexity index is 429. The lowest BCUT2D eigenvalue weighted by Gasteiger charge is -2.04. The fourth-order valence-corrected chi connectivity index (χ4v) is 2.64. The first-order valence-electron chi connectivity index (χ1n) is 5.48. The van der Waals surface area contributed by atoms with E-state index in [1.54, 1.807) is 6.07 Å². The molecule has 6 heteroatoms. The molecule has 1 aliphatic carbocycles. The van der Waals surface area contributed by atoms with Crippen LogP contribution in [0, 0.1) is 0 Å². The first kappa shape index (κ1) is 12.6. The number of thiophene rings is 1. The lowest BCUT2D eigenvalue weighted by atomic mass is 10.3. The van der Waals surface area contributed by atoms with Crippen LogP contribution in [0.2, 0.25) is 0 Å². The van der Waals surface area contributed by atoms with Gasteiger partial charge in [0.1, 0.15) is 0 Å². The van der Waals surface area contributed by atoms with Gasteiger partial charge in [-0.05, 0) is 40.9 Å². The van der Waals surface area contributed by atoms with Gasteiger partial charge in [-0.1, -0.05) is 0 Å². The molecule has 0 radical (unpaired) electrons. The first-order chi connectivity index (χ1) is 8.15. The van der Waals surface area contributed by atoms with Gasteiger partial charge in [0.25, 0.3) is 5.91 Å². The molecule has 17 heavy (non-hydrogen) atoms. The van der Waals surface area contributed by atoms with E-state index in [0.29, 0.717) is 23.9 Å². The molecular formula is C11H13BrN2O2S. The topological polar surface area (TPSA) is 58.2 Å². The maximum absolute atomic E-state index is 11.6. The zero-order valence-corrected chi connectivity index (χ0v) is 11.6. The van der Waals surface area contributed by atoms with Crippen molar-refractivity contribution in [3.8, 4) is 0 Å². The third-order valence-electron chi connectivity index (χ3n) is 2.38. The average molecular weight is 317 g/mol. The quantitative estimate of drug-likeness (QED) is 0.871. The second-order valence-electron chi connectivity index (χ2n) is 3.95. The fraction of sp³-hybridized carbons (Fsp3) is 0.455. The minimum absolute atomic E-state index is 0.0140. The van der Waals surface area contributed by atoms with Crippen LogP contribution >= 0.6 is 27.3 Å². The summed E-state index contributed by atoms with van der Waals surface area (Å²) in [5, 5.41) is 5.60. The van der Waals surface area contributed by atoms with Crippen molar-refractivity contribution in [1.29, 1.82) is 0 Å². The number of hydrogen-bond acceptors (Lipinski definition) is 3. The van der Waals surface area contributed by atoms with Crippen LogP contribution in [0.15, 0.2) is 15.9 Å². The molecule has 4 nitrogen and oxygen atoms in total. The van der Waals surface area contributed by atoms with Gasteiger partial charge in [0.05, 0.1) is 8.66 Å². The number of hydrogen-bond donors (Lipinski definition) is 2. The molecule has 2 rings (SSSR count). The Morgan fingerprint density at radius 1 is 1.41 bits per heavy atom. The van der Waals surface area contributed by atoms with E-state index in [9.17, 15) is 9.59 Å². The van der Waals surface area contributed by atoms with Crippen LogP contribution in [-0.4, -0.2) is 24.4 Å². The maximum atomic E-state index is 11.6. The molecule has 0 atom stereocenters. The number of carbonyl (C=O) groups is 2. The maximum Gasteiger partial charge on any atom is 0.261 e. The molecule has 2 N–H and O–H groups in total. The Balaban J connectivity index is 1.67. The minimum Gasteiger partial charge on any atom is -0.353 e. The van der Waals surface area contributed by atoms with E-state index < -0.39 is 0 Å². The molecule has 1 aromatic heterocycles. The monoisotopic (exact) mass is 316 g/mol. The highest BCUT2D eigenvalue weighted by Crippen LogP contribution is 2.21. The van der Waals surface area contributed by atoms with Crippen LogP contribution < -0.4 is 10.6 Å². The van der Waals surface area contributed by atoms with Gasteiger partial charge in [0, 0.05) is 19.0 Å². The second kappa shape index (κ2) is 5.64. The summed E-state index contributed by atoms with van der Waals surface area (Å²) in [4.78, 5) is 23.6. The van der Waals surface area contributed by atoms with E-state index in [1.165, 1.54) is 11.3 Å². The molecule has 0 aliphatic heterocycles. The van der Waals surface area contributed by atoms with E-state index in [4.69, 9.17) is 0 Å². The van der Waals surface area contributed by atoms with Gasteiger partial charge < -0.3 is 10.6 Å². The van der Waals surface area contributed by atoms with Crippen LogP contribution in [0.4, 0.5) is 0 Å². The van der Waals surface area contributed by atoms with Crippen molar-refractivity contribution < 1.29 is 9.59 Å². The predicted octanol–water partition coefficient (Wildman–Crippen LogP) is 1.91. The second-order valence-corrected chi connectivity index (χ2v) is 6.41. The normalized spacial score (nSPS) is 14.4. The van der Waals surface area contributed by atoms with Crippen LogP contribution in [0.3, 0.4) is 0 Å². The fourth-order valence-electron chi connectivity index (χ4n) is 1.34. The molecule has 1 saturated carbocycles. The van der Waals surface area contributed by atoms with Crippen LogP contribution in [0.5, 0.6) is 0 Å². The summed E-state index contributed by atoms with van der Waals surface area (Å²) in [7, 11) is 0. The molecule has 0 bridgehead atoms. The highest BCUT2D eigenvalue weighted by atomic mass is 79.9. The van der Waals surface area contributed by atoms with E-state index in [1.807, 2.05) is 6.07 Å². The first-order valence-corrected chi connectivity index (χ1v) is 7.09. The standard InChI is InChI=1S/C11H13BrN2O2S/c12-9-4-3-8(17-9)11(16)13-6-5-10(15)14-7-1-2-7/h3-4,7H,1-2,5-6H2,(H,13,16)(H,14,15). The van der Waals surface area contributed by atoms with Crippen LogP contribution in [-0.2, 0) is 4.79 Å². The SMILES string of the molecule is O=C(CCNC(=O)c1ccc(Br)s1)NC1CC1. The molecule has 1 fully saturated rings. The zero-order valence-electron chi connectivity index (χ0n) is 9.16. The number of halogens is 1. The van der Waals surface area contributed by atoms with E-state index in [0.717, 1.165) is 16.6 Å². The summed E-state index contributed by atoms with van der Waals surface area (Å²) in [6, 6.07) is 3.97. The van der Waals surface area contributed by atoms with Crippen LogP contribution in [0.25, 0.3) is 0 Å².